The molecular formula is C52H48O6. The molecule has 58 heavy (non-hydrogen) atoms. The zero-order valence-electron chi connectivity index (χ0n) is 34.4. The number of benzene rings is 6. The summed E-state index contributed by atoms with van der Waals surface area (Å²) >= 11 is 0. The van der Waals surface area contributed by atoms with Crippen molar-refractivity contribution in [1.29, 1.82) is 0 Å². The van der Waals surface area contributed by atoms with Crippen molar-refractivity contribution < 1.29 is 28.5 Å². The minimum absolute atomic E-state index is 0.0232. The molecule has 1 unspecified atom stereocenters. The van der Waals surface area contributed by atoms with Crippen LogP contribution in [0.15, 0.2) is 121 Å². The maximum Gasteiger partial charge on any atom is 0.343 e. The van der Waals surface area contributed by atoms with Crippen molar-refractivity contribution in [1.82, 2.24) is 0 Å². The monoisotopic (exact) mass is 768 g/mol. The lowest BCUT2D eigenvalue weighted by Crippen LogP contribution is -2.55. The van der Waals surface area contributed by atoms with Gasteiger partial charge in [0.05, 0.1) is 18.1 Å². The topological polar surface area (TPSA) is 71.1 Å². The van der Waals surface area contributed by atoms with Crippen LogP contribution in [0.1, 0.15) is 113 Å². The molecule has 2 aliphatic heterocycles. The Balaban J connectivity index is 1.03. The number of carbonyl (C=O) groups excluding carboxylic acids is 2. The van der Waals surface area contributed by atoms with Crippen molar-refractivity contribution in [3.8, 4) is 34.1 Å². The van der Waals surface area contributed by atoms with Crippen molar-refractivity contribution in [3.05, 3.63) is 177 Å². The van der Waals surface area contributed by atoms with Crippen molar-refractivity contribution in [2.75, 3.05) is 7.11 Å². The third kappa shape index (κ3) is 5.75. The fourth-order valence-corrected chi connectivity index (χ4v) is 10.0. The molecule has 0 saturated heterocycles. The van der Waals surface area contributed by atoms with Crippen LogP contribution in [0.3, 0.4) is 0 Å². The zero-order chi connectivity index (χ0) is 40.8. The Bertz CT molecular complexity index is 2600. The number of Topliss-reactive ketones (excluding diaryl/α,β-unsaturated/α-hetero) is 1. The number of carbonyl (C=O) groups is 2. The Morgan fingerprint density at radius 2 is 1.02 bits per heavy atom. The lowest BCUT2D eigenvalue weighted by molar-refractivity contribution is -0.166. The Morgan fingerprint density at radius 1 is 0.569 bits per heavy atom. The largest absolute Gasteiger partial charge is 0.496 e. The molecule has 6 aromatic carbocycles. The Labute approximate surface area is 340 Å². The fraction of sp³-hybridized carbons (Fsp3) is 0.269. The Morgan fingerprint density at radius 3 is 1.50 bits per heavy atom. The van der Waals surface area contributed by atoms with Gasteiger partial charge in [-0.25, -0.2) is 4.79 Å². The summed E-state index contributed by atoms with van der Waals surface area (Å²) in [7, 11) is 1.70. The molecular weight excluding hydrogens is 721 g/mol. The summed E-state index contributed by atoms with van der Waals surface area (Å²) in [5.74, 6) is 1.62. The van der Waals surface area contributed by atoms with Crippen LogP contribution >= 0.6 is 0 Å². The van der Waals surface area contributed by atoms with E-state index < -0.39 is 17.2 Å². The summed E-state index contributed by atoms with van der Waals surface area (Å²) in [5.41, 5.74) is 10.4. The van der Waals surface area contributed by atoms with E-state index in [1.54, 1.807) is 14.0 Å². The molecule has 1 spiro atoms. The van der Waals surface area contributed by atoms with Crippen LogP contribution in [0.25, 0.3) is 11.1 Å². The van der Waals surface area contributed by atoms with Crippen molar-refractivity contribution in [2.45, 2.75) is 83.3 Å². The molecule has 1 atom stereocenters. The third-order valence-electron chi connectivity index (χ3n) is 12.7. The van der Waals surface area contributed by atoms with Gasteiger partial charge in [-0.15, -0.1) is 0 Å². The number of rotatable bonds is 6. The van der Waals surface area contributed by atoms with Crippen LogP contribution in [0.4, 0.5) is 0 Å². The lowest BCUT2D eigenvalue weighted by atomic mass is 9.67. The van der Waals surface area contributed by atoms with Crippen LogP contribution in [0, 0.1) is 13.8 Å². The van der Waals surface area contributed by atoms with Gasteiger partial charge >= 0.3 is 5.97 Å². The van der Waals surface area contributed by atoms with Gasteiger partial charge in [0.1, 0.15) is 23.0 Å². The van der Waals surface area contributed by atoms with E-state index in [4.69, 9.17) is 18.9 Å². The molecule has 1 aliphatic carbocycles. The summed E-state index contributed by atoms with van der Waals surface area (Å²) in [4.78, 5) is 26.2. The van der Waals surface area contributed by atoms with Gasteiger partial charge in [-0.1, -0.05) is 113 Å². The predicted octanol–water partition coefficient (Wildman–Crippen LogP) is 11.6. The molecule has 292 valence electrons. The number of hydrogen-bond donors (Lipinski definition) is 0. The van der Waals surface area contributed by atoms with E-state index in [1.165, 1.54) is 0 Å². The molecule has 0 N–H and O–H groups in total. The number of esters is 1. The lowest BCUT2D eigenvalue weighted by Gasteiger charge is -2.51. The molecule has 0 aromatic heterocycles. The summed E-state index contributed by atoms with van der Waals surface area (Å²) in [5, 5.41) is 0. The van der Waals surface area contributed by atoms with Gasteiger partial charge < -0.3 is 18.9 Å². The maximum atomic E-state index is 14.0. The smallest absolute Gasteiger partial charge is 0.343 e. The van der Waals surface area contributed by atoms with Gasteiger partial charge in [0.15, 0.2) is 5.78 Å². The van der Waals surface area contributed by atoms with Gasteiger partial charge in [0, 0.05) is 40.4 Å². The third-order valence-corrected chi connectivity index (χ3v) is 12.7. The SMILES string of the molecule is COc1cc2c(cc1C)OC1(CC2(C)C)CC(C)(C)c2cc(OC(=O)c3ccc(C4(c5ccc(C(C)=O)cc5)c5ccccc5-c5ccccc54)cc3)c(C)cc2O1. The molecule has 6 heteroatoms. The number of fused-ring (bicyclic) bond motifs is 5. The fourth-order valence-electron chi connectivity index (χ4n) is 10.0. The maximum absolute atomic E-state index is 14.0. The van der Waals surface area contributed by atoms with E-state index in [0.29, 0.717) is 29.7 Å². The second-order valence-electron chi connectivity index (χ2n) is 17.6. The molecule has 0 bridgehead atoms. The minimum Gasteiger partial charge on any atom is -0.496 e. The standard InChI is InChI=1S/C52H48O6/c1-31-25-46-42(27-44(31)55-8)49(4,5)29-51(57-46)30-50(6,7)43-28-45(32(2)26-47(43)58-51)56-48(54)35-19-23-37(24-20-35)52(36-21-17-34(18-22-36)33(3)53)40-15-11-9-13-38(40)39-14-10-12-16-41(39)52/h9-28H,29-30H2,1-8H3. The molecule has 0 saturated carbocycles. The van der Waals surface area contributed by atoms with Crippen molar-refractivity contribution in [2.24, 2.45) is 0 Å². The van der Waals surface area contributed by atoms with Crippen LogP contribution in [0.2, 0.25) is 0 Å². The van der Waals surface area contributed by atoms with E-state index in [-0.39, 0.29) is 16.6 Å². The number of methoxy groups -OCH3 is 1. The zero-order valence-corrected chi connectivity index (χ0v) is 34.4. The summed E-state index contributed by atoms with van der Waals surface area (Å²) in [6.45, 7) is 14.4. The number of aryl methyl sites for hydroxylation is 2. The van der Waals surface area contributed by atoms with E-state index in [0.717, 1.165) is 72.9 Å². The molecule has 0 fully saturated rings. The average molecular weight is 769 g/mol. The summed E-state index contributed by atoms with van der Waals surface area (Å²) in [6.07, 6.45) is 1.28. The highest BCUT2D eigenvalue weighted by Gasteiger charge is 2.54. The molecule has 0 radical (unpaired) electrons. The number of ketones is 1. The highest BCUT2D eigenvalue weighted by Crippen LogP contribution is 2.57. The molecule has 0 amide bonds. The second kappa shape index (κ2) is 13.2. The highest BCUT2D eigenvalue weighted by molar-refractivity contribution is 5.95. The number of hydrogen-bond acceptors (Lipinski definition) is 6. The minimum atomic E-state index is -0.867. The van der Waals surface area contributed by atoms with Crippen LogP contribution in [0.5, 0.6) is 23.0 Å². The highest BCUT2D eigenvalue weighted by atomic mass is 16.7. The molecule has 6 aromatic rings. The quantitative estimate of drug-likeness (QED) is 0.0953. The first-order valence-electron chi connectivity index (χ1n) is 20.0. The van der Waals surface area contributed by atoms with Gasteiger partial charge in [-0.05, 0) is 102 Å². The Hall–Kier alpha value is -6.14. The number of ether oxygens (including phenoxy) is 4. The van der Waals surface area contributed by atoms with Crippen LogP contribution in [-0.4, -0.2) is 24.6 Å². The van der Waals surface area contributed by atoms with Gasteiger partial charge in [-0.2, -0.15) is 0 Å². The molecule has 6 nitrogen and oxygen atoms in total. The van der Waals surface area contributed by atoms with E-state index in [9.17, 15) is 9.59 Å². The van der Waals surface area contributed by atoms with Crippen LogP contribution in [-0.2, 0) is 16.2 Å². The van der Waals surface area contributed by atoms with E-state index in [2.05, 4.69) is 100 Å². The molecule has 3 aliphatic rings. The van der Waals surface area contributed by atoms with Gasteiger partial charge in [-0.3, -0.25) is 4.79 Å². The predicted molar refractivity (Wildman–Crippen MR) is 227 cm³/mol. The average Bonchev–Trinajstić information content (AvgIpc) is 3.49. The van der Waals surface area contributed by atoms with E-state index in [1.807, 2.05) is 62.4 Å². The first-order valence-corrected chi connectivity index (χ1v) is 20.0. The van der Waals surface area contributed by atoms with Gasteiger partial charge in [0.2, 0.25) is 0 Å². The van der Waals surface area contributed by atoms with Crippen molar-refractivity contribution in [3.63, 3.8) is 0 Å². The summed E-state index contributed by atoms with van der Waals surface area (Å²) < 4.78 is 25.5. The first-order chi connectivity index (χ1) is 27.7. The van der Waals surface area contributed by atoms with Gasteiger partial charge in [0.25, 0.3) is 5.79 Å². The molecule has 9 rings (SSSR count). The normalized spacial score (nSPS) is 18.8. The second-order valence-corrected chi connectivity index (χ2v) is 17.6. The van der Waals surface area contributed by atoms with Crippen molar-refractivity contribution >= 4 is 11.8 Å². The van der Waals surface area contributed by atoms with Crippen LogP contribution < -0.4 is 18.9 Å². The molecule has 2 heterocycles. The van der Waals surface area contributed by atoms with E-state index >= 15 is 0 Å². The first kappa shape index (κ1) is 37.4. The Kier molecular flexibility index (Phi) is 8.52. The summed E-state index contributed by atoms with van der Waals surface area (Å²) in [6, 6.07) is 40.8.